The lowest BCUT2D eigenvalue weighted by atomic mass is 10.2. The van der Waals surface area contributed by atoms with E-state index >= 15 is 0 Å². The van der Waals surface area contributed by atoms with Crippen molar-refractivity contribution in [1.82, 2.24) is 14.8 Å². The van der Waals surface area contributed by atoms with Crippen molar-refractivity contribution in [2.24, 2.45) is 0 Å². The number of hydrogen-bond acceptors (Lipinski definition) is 3. The molecule has 1 aromatic heterocycles. The zero-order valence-corrected chi connectivity index (χ0v) is 10.8. The fourth-order valence-electron chi connectivity index (χ4n) is 2.12. The summed E-state index contributed by atoms with van der Waals surface area (Å²) in [7, 11) is 0. The molecule has 2 amide bonds. The number of rotatable bonds is 1. The van der Waals surface area contributed by atoms with E-state index in [1.54, 1.807) is 9.80 Å². The highest BCUT2D eigenvalue weighted by molar-refractivity contribution is 5.93. The van der Waals surface area contributed by atoms with E-state index in [2.05, 4.69) is 4.98 Å². The monoisotopic (exact) mass is 265 g/mol. The van der Waals surface area contributed by atoms with Crippen molar-refractivity contribution in [3.8, 4) is 0 Å². The molecule has 1 aliphatic rings. The normalized spacial score (nSPS) is 16.1. The van der Waals surface area contributed by atoms with Gasteiger partial charge in [0, 0.05) is 39.3 Å². The van der Waals surface area contributed by atoms with Crippen molar-refractivity contribution in [1.29, 1.82) is 0 Å². The van der Waals surface area contributed by atoms with Gasteiger partial charge in [-0.15, -0.1) is 0 Å². The molecule has 0 aromatic carbocycles. The number of carbonyl (C=O) groups is 2. The summed E-state index contributed by atoms with van der Waals surface area (Å²) in [5.74, 6) is -0.745. The van der Waals surface area contributed by atoms with Crippen LogP contribution in [0.1, 0.15) is 23.7 Å². The lowest BCUT2D eigenvalue weighted by molar-refractivity contribution is -0.128. The second-order valence-electron chi connectivity index (χ2n) is 4.52. The molecule has 0 atom stereocenters. The van der Waals surface area contributed by atoms with Crippen molar-refractivity contribution in [2.75, 3.05) is 26.2 Å². The second kappa shape index (κ2) is 5.77. The highest BCUT2D eigenvalue weighted by atomic mass is 19.1. The molecule has 102 valence electrons. The zero-order valence-electron chi connectivity index (χ0n) is 10.8. The Morgan fingerprint density at radius 3 is 2.47 bits per heavy atom. The van der Waals surface area contributed by atoms with Gasteiger partial charge in [0.15, 0.2) is 0 Å². The number of carbonyl (C=O) groups excluding carboxylic acids is 2. The number of nitrogens with zero attached hydrogens (tertiary/aromatic N) is 3. The standard InChI is InChI=1S/C13H16FN3O2/c1-10(18)16-5-2-6-17(8-7-16)13(19)11-3-4-12(14)15-9-11/h3-4,9H,2,5-8H2,1H3. The lowest BCUT2D eigenvalue weighted by Gasteiger charge is -2.21. The summed E-state index contributed by atoms with van der Waals surface area (Å²) in [6.07, 6.45) is 1.99. The maximum absolute atomic E-state index is 12.7. The molecular weight excluding hydrogens is 249 g/mol. The van der Waals surface area contributed by atoms with Crippen molar-refractivity contribution >= 4 is 11.8 Å². The highest BCUT2D eigenvalue weighted by Gasteiger charge is 2.21. The van der Waals surface area contributed by atoms with Gasteiger partial charge in [-0.25, -0.2) is 4.98 Å². The molecule has 2 heterocycles. The fourth-order valence-corrected chi connectivity index (χ4v) is 2.12. The number of halogens is 1. The Bertz CT molecular complexity index is 475. The van der Waals surface area contributed by atoms with E-state index in [0.29, 0.717) is 31.7 Å². The van der Waals surface area contributed by atoms with Gasteiger partial charge in [0.25, 0.3) is 5.91 Å². The Morgan fingerprint density at radius 2 is 1.84 bits per heavy atom. The first-order chi connectivity index (χ1) is 9.08. The average molecular weight is 265 g/mol. The molecule has 6 heteroatoms. The van der Waals surface area contributed by atoms with Crippen LogP contribution in [0, 0.1) is 5.95 Å². The van der Waals surface area contributed by atoms with Crippen LogP contribution in [0.15, 0.2) is 18.3 Å². The summed E-state index contributed by atoms with van der Waals surface area (Å²) >= 11 is 0. The summed E-state index contributed by atoms with van der Waals surface area (Å²) in [4.78, 5) is 30.4. The molecule has 0 unspecified atom stereocenters. The maximum atomic E-state index is 12.7. The molecular formula is C13H16FN3O2. The van der Waals surface area contributed by atoms with Crippen LogP contribution in [0.5, 0.6) is 0 Å². The van der Waals surface area contributed by atoms with Crippen LogP contribution in [0.25, 0.3) is 0 Å². The van der Waals surface area contributed by atoms with Crippen molar-refractivity contribution in [3.63, 3.8) is 0 Å². The minimum atomic E-state index is -0.602. The van der Waals surface area contributed by atoms with Crippen LogP contribution in [0.2, 0.25) is 0 Å². The van der Waals surface area contributed by atoms with Gasteiger partial charge < -0.3 is 9.80 Å². The van der Waals surface area contributed by atoms with E-state index in [-0.39, 0.29) is 11.8 Å². The molecule has 1 fully saturated rings. The highest BCUT2D eigenvalue weighted by Crippen LogP contribution is 2.09. The van der Waals surface area contributed by atoms with Gasteiger partial charge in [0.2, 0.25) is 11.9 Å². The van der Waals surface area contributed by atoms with Crippen LogP contribution in [-0.2, 0) is 4.79 Å². The molecule has 0 N–H and O–H groups in total. The van der Waals surface area contributed by atoms with Gasteiger partial charge >= 0.3 is 0 Å². The largest absolute Gasteiger partial charge is 0.341 e. The Kier molecular flexibility index (Phi) is 4.09. The van der Waals surface area contributed by atoms with E-state index in [1.165, 1.54) is 25.3 Å². The molecule has 0 bridgehead atoms. The Morgan fingerprint density at radius 1 is 1.16 bits per heavy atom. The van der Waals surface area contributed by atoms with Crippen molar-refractivity contribution in [3.05, 3.63) is 29.8 Å². The first-order valence-electron chi connectivity index (χ1n) is 6.24. The van der Waals surface area contributed by atoms with Crippen LogP contribution >= 0.6 is 0 Å². The minimum absolute atomic E-state index is 0.0257. The summed E-state index contributed by atoms with van der Waals surface area (Å²) in [6, 6.07) is 2.60. The number of pyridine rings is 1. The summed E-state index contributed by atoms with van der Waals surface area (Å²) in [6.45, 7) is 3.83. The van der Waals surface area contributed by atoms with E-state index < -0.39 is 5.95 Å². The van der Waals surface area contributed by atoms with Gasteiger partial charge in [0.1, 0.15) is 0 Å². The average Bonchev–Trinajstić information content (AvgIpc) is 2.64. The lowest BCUT2D eigenvalue weighted by Crippen LogP contribution is -2.36. The summed E-state index contributed by atoms with van der Waals surface area (Å²) in [5.41, 5.74) is 0.373. The molecule has 5 nitrogen and oxygen atoms in total. The third-order valence-corrected chi connectivity index (χ3v) is 3.20. The third kappa shape index (κ3) is 3.27. The van der Waals surface area contributed by atoms with Crippen LogP contribution in [-0.4, -0.2) is 52.8 Å². The van der Waals surface area contributed by atoms with E-state index in [0.717, 1.165) is 6.42 Å². The van der Waals surface area contributed by atoms with Gasteiger partial charge in [-0.1, -0.05) is 0 Å². The van der Waals surface area contributed by atoms with Crippen molar-refractivity contribution in [2.45, 2.75) is 13.3 Å². The molecule has 2 rings (SSSR count). The van der Waals surface area contributed by atoms with Gasteiger partial charge in [-0.05, 0) is 18.6 Å². The summed E-state index contributed by atoms with van der Waals surface area (Å²) in [5, 5.41) is 0. The molecule has 0 radical (unpaired) electrons. The number of aromatic nitrogens is 1. The fraction of sp³-hybridized carbons (Fsp3) is 0.462. The smallest absolute Gasteiger partial charge is 0.255 e. The summed E-state index contributed by atoms with van der Waals surface area (Å²) < 4.78 is 12.7. The molecule has 0 aliphatic carbocycles. The Labute approximate surface area is 111 Å². The molecule has 0 saturated carbocycles. The first kappa shape index (κ1) is 13.5. The minimum Gasteiger partial charge on any atom is -0.341 e. The number of amides is 2. The third-order valence-electron chi connectivity index (χ3n) is 3.20. The van der Waals surface area contributed by atoms with E-state index in [1.807, 2.05) is 0 Å². The first-order valence-corrected chi connectivity index (χ1v) is 6.24. The van der Waals surface area contributed by atoms with Crippen LogP contribution in [0.3, 0.4) is 0 Å². The molecule has 1 aromatic rings. The topological polar surface area (TPSA) is 53.5 Å². The predicted molar refractivity (Wildman–Crippen MR) is 67.0 cm³/mol. The van der Waals surface area contributed by atoms with E-state index in [4.69, 9.17) is 0 Å². The SMILES string of the molecule is CC(=O)N1CCCN(C(=O)c2ccc(F)nc2)CC1. The Balaban J connectivity index is 2.03. The second-order valence-corrected chi connectivity index (χ2v) is 4.52. The zero-order chi connectivity index (χ0) is 13.8. The quantitative estimate of drug-likeness (QED) is 0.709. The molecule has 1 saturated heterocycles. The van der Waals surface area contributed by atoms with E-state index in [9.17, 15) is 14.0 Å². The van der Waals surface area contributed by atoms with Gasteiger partial charge in [0.05, 0.1) is 5.56 Å². The Hall–Kier alpha value is -1.98. The molecule has 0 spiro atoms. The van der Waals surface area contributed by atoms with Crippen LogP contribution < -0.4 is 0 Å². The molecule has 19 heavy (non-hydrogen) atoms. The van der Waals surface area contributed by atoms with Crippen LogP contribution in [0.4, 0.5) is 4.39 Å². The molecule has 1 aliphatic heterocycles. The van der Waals surface area contributed by atoms with Gasteiger partial charge in [-0.3, -0.25) is 9.59 Å². The predicted octanol–water partition coefficient (Wildman–Crippen LogP) is 0.915. The van der Waals surface area contributed by atoms with Gasteiger partial charge in [-0.2, -0.15) is 4.39 Å². The number of hydrogen-bond donors (Lipinski definition) is 0. The van der Waals surface area contributed by atoms with Crippen molar-refractivity contribution < 1.29 is 14.0 Å². The maximum Gasteiger partial charge on any atom is 0.255 e.